The lowest BCUT2D eigenvalue weighted by atomic mass is 9.87. The van der Waals surface area contributed by atoms with Crippen LogP contribution in [0.5, 0.6) is 0 Å². The molecule has 0 unspecified atom stereocenters. The lowest BCUT2D eigenvalue weighted by molar-refractivity contribution is 0.00578. The Hall–Kier alpha value is -2.36. The number of rotatable bonds is 3. The third-order valence-corrected chi connectivity index (χ3v) is 4.73. The van der Waals surface area contributed by atoms with Crippen LogP contribution in [0.1, 0.15) is 38.8 Å². The Morgan fingerprint density at radius 3 is 2.42 bits per heavy atom. The van der Waals surface area contributed by atoms with E-state index in [1.54, 1.807) is 10.9 Å². The van der Waals surface area contributed by atoms with Crippen LogP contribution < -0.4 is 0 Å². The van der Waals surface area contributed by atoms with Crippen LogP contribution in [0.15, 0.2) is 48.5 Å². The second-order valence-corrected chi connectivity index (χ2v) is 7.24. The van der Waals surface area contributed by atoms with Crippen LogP contribution in [-0.2, 0) is 15.9 Å². The van der Waals surface area contributed by atoms with Crippen LogP contribution >= 0.6 is 0 Å². The maximum atomic E-state index is 14.5. The van der Waals surface area contributed by atoms with Crippen molar-refractivity contribution in [2.45, 2.75) is 45.4 Å². The Morgan fingerprint density at radius 2 is 1.85 bits per heavy atom. The molecule has 0 spiro atoms. The molecule has 0 bridgehead atoms. The van der Waals surface area contributed by atoms with Gasteiger partial charge in [0.15, 0.2) is 0 Å². The number of aromatic nitrogens is 2. The number of halogens is 1. The van der Waals surface area contributed by atoms with E-state index < -0.39 is 24.0 Å². The van der Waals surface area contributed by atoms with Crippen molar-refractivity contribution in [1.29, 1.82) is 0 Å². The zero-order valence-electron chi connectivity index (χ0n) is 15.5. The molecule has 4 nitrogen and oxygen atoms in total. The molecule has 1 aromatic carbocycles. The standard InChI is InChI=1S/C20H22BFN2O2/c1-19(2)20(3,4)26-21(25-19)18(22)15-17-10-8-16(9-11-17)7-5-13-24-14-6-12-23-24/h6,8-12,14-15H,13H2,1-4H3. The molecule has 0 aliphatic carbocycles. The van der Waals surface area contributed by atoms with E-state index >= 15 is 0 Å². The first-order valence-electron chi connectivity index (χ1n) is 8.56. The minimum Gasteiger partial charge on any atom is -0.398 e. The predicted molar refractivity (Wildman–Crippen MR) is 101 cm³/mol. The van der Waals surface area contributed by atoms with Gasteiger partial charge in [0.25, 0.3) is 0 Å². The Morgan fingerprint density at radius 1 is 1.19 bits per heavy atom. The predicted octanol–water partition coefficient (Wildman–Crippen LogP) is 3.88. The van der Waals surface area contributed by atoms with Crippen LogP contribution in [0.25, 0.3) is 6.08 Å². The average molecular weight is 352 g/mol. The van der Waals surface area contributed by atoms with Crippen LogP contribution in [-0.4, -0.2) is 28.1 Å². The topological polar surface area (TPSA) is 36.3 Å². The second kappa shape index (κ2) is 7.10. The van der Waals surface area contributed by atoms with Gasteiger partial charge in [-0.2, -0.15) is 5.10 Å². The summed E-state index contributed by atoms with van der Waals surface area (Å²) in [6.45, 7) is 8.13. The van der Waals surface area contributed by atoms with E-state index in [1.807, 2.05) is 64.2 Å². The highest BCUT2D eigenvalue weighted by Gasteiger charge is 2.53. The first-order valence-corrected chi connectivity index (χ1v) is 8.56. The van der Waals surface area contributed by atoms with Crippen LogP contribution in [0.2, 0.25) is 0 Å². The van der Waals surface area contributed by atoms with Crippen molar-refractivity contribution >= 4 is 13.2 Å². The van der Waals surface area contributed by atoms with Gasteiger partial charge in [-0.25, -0.2) is 4.39 Å². The fourth-order valence-corrected chi connectivity index (χ4v) is 2.46. The lowest BCUT2D eigenvalue weighted by Crippen LogP contribution is -2.41. The molecule has 0 radical (unpaired) electrons. The molecule has 1 aliphatic heterocycles. The van der Waals surface area contributed by atoms with Gasteiger partial charge in [-0.1, -0.05) is 24.0 Å². The van der Waals surface area contributed by atoms with E-state index in [4.69, 9.17) is 9.31 Å². The van der Waals surface area contributed by atoms with E-state index in [2.05, 4.69) is 16.9 Å². The molecule has 2 aromatic rings. The van der Waals surface area contributed by atoms with Gasteiger partial charge in [0.2, 0.25) is 0 Å². The highest BCUT2D eigenvalue weighted by Crippen LogP contribution is 2.39. The molecule has 1 aliphatic rings. The van der Waals surface area contributed by atoms with Gasteiger partial charge in [0.05, 0.1) is 11.2 Å². The largest absolute Gasteiger partial charge is 0.525 e. The average Bonchev–Trinajstić information content (AvgIpc) is 3.15. The van der Waals surface area contributed by atoms with Gasteiger partial charge in [-0.3, -0.25) is 4.68 Å². The van der Waals surface area contributed by atoms with Gasteiger partial charge < -0.3 is 9.31 Å². The molecule has 2 heterocycles. The molecule has 6 heteroatoms. The molecule has 1 fully saturated rings. The summed E-state index contributed by atoms with van der Waals surface area (Å²) in [7, 11) is -0.978. The van der Waals surface area contributed by atoms with Gasteiger partial charge in [0, 0.05) is 18.0 Å². The fraction of sp³-hybridized carbons (Fsp3) is 0.350. The zero-order valence-corrected chi connectivity index (χ0v) is 15.5. The van der Waals surface area contributed by atoms with E-state index in [9.17, 15) is 4.39 Å². The van der Waals surface area contributed by atoms with Gasteiger partial charge in [-0.15, -0.1) is 0 Å². The zero-order chi connectivity index (χ0) is 18.8. The Kier molecular flexibility index (Phi) is 5.04. The maximum absolute atomic E-state index is 14.5. The minimum absolute atomic E-state index is 0.443. The summed E-state index contributed by atoms with van der Waals surface area (Å²) in [5.41, 5.74) is 0.0367. The first-order chi connectivity index (χ1) is 12.3. The van der Waals surface area contributed by atoms with Crippen LogP contribution in [0.3, 0.4) is 0 Å². The summed E-state index contributed by atoms with van der Waals surface area (Å²) in [6.07, 6.45) is 5.02. The van der Waals surface area contributed by atoms with Crippen molar-refractivity contribution in [3.05, 3.63) is 59.6 Å². The third kappa shape index (κ3) is 4.06. The molecule has 0 atom stereocenters. The smallest absolute Gasteiger partial charge is 0.398 e. The molecule has 1 saturated heterocycles. The number of hydrogen-bond acceptors (Lipinski definition) is 3. The van der Waals surface area contributed by atoms with Crippen molar-refractivity contribution < 1.29 is 13.7 Å². The molecule has 0 N–H and O–H groups in total. The SMILES string of the molecule is CC1(C)OB(C(F)=Cc2ccc(C#CCn3cccn3)cc2)OC1(C)C. The molecular formula is C20H22BFN2O2. The summed E-state index contributed by atoms with van der Waals surface area (Å²) in [6, 6.07) is 9.22. The highest BCUT2D eigenvalue weighted by atomic mass is 19.1. The van der Waals surface area contributed by atoms with E-state index in [1.165, 1.54) is 6.08 Å². The normalized spacial score (nSPS) is 18.5. The van der Waals surface area contributed by atoms with E-state index in [0.717, 1.165) is 11.1 Å². The molecule has 1 aromatic heterocycles. The fourth-order valence-electron chi connectivity index (χ4n) is 2.46. The summed E-state index contributed by atoms with van der Waals surface area (Å²) >= 11 is 0. The monoisotopic (exact) mass is 352 g/mol. The molecule has 0 amide bonds. The molecule has 3 rings (SSSR count). The summed E-state index contributed by atoms with van der Waals surface area (Å²) in [4.78, 5) is 0. The number of nitrogens with zero attached hydrogens (tertiary/aromatic N) is 2. The molecule has 134 valence electrons. The molecule has 0 saturated carbocycles. The Bertz CT molecular complexity index is 830. The first kappa shape index (κ1) is 18.4. The highest BCUT2D eigenvalue weighted by molar-refractivity contribution is 6.54. The second-order valence-electron chi connectivity index (χ2n) is 7.24. The van der Waals surface area contributed by atoms with Crippen molar-refractivity contribution in [2.24, 2.45) is 0 Å². The van der Waals surface area contributed by atoms with Crippen molar-refractivity contribution in [3.8, 4) is 11.8 Å². The Labute approximate surface area is 154 Å². The summed E-state index contributed by atoms with van der Waals surface area (Å²) in [5.74, 6) is 6.11. The van der Waals surface area contributed by atoms with Crippen molar-refractivity contribution in [1.82, 2.24) is 9.78 Å². The number of benzene rings is 1. The molecule has 26 heavy (non-hydrogen) atoms. The quantitative estimate of drug-likeness (QED) is 0.621. The minimum atomic E-state index is -0.978. The lowest BCUT2D eigenvalue weighted by Gasteiger charge is -2.32. The van der Waals surface area contributed by atoms with Crippen molar-refractivity contribution in [2.75, 3.05) is 0 Å². The molecular weight excluding hydrogens is 330 g/mol. The van der Waals surface area contributed by atoms with Gasteiger partial charge in [0.1, 0.15) is 12.3 Å². The summed E-state index contributed by atoms with van der Waals surface area (Å²) in [5, 5.41) is 4.09. The van der Waals surface area contributed by atoms with E-state index in [0.29, 0.717) is 6.54 Å². The van der Waals surface area contributed by atoms with E-state index in [-0.39, 0.29) is 0 Å². The maximum Gasteiger partial charge on any atom is 0.525 e. The van der Waals surface area contributed by atoms with Gasteiger partial charge >= 0.3 is 7.12 Å². The van der Waals surface area contributed by atoms with Crippen LogP contribution in [0.4, 0.5) is 4.39 Å². The summed E-state index contributed by atoms with van der Waals surface area (Å²) < 4.78 is 27.7. The van der Waals surface area contributed by atoms with Crippen LogP contribution in [0, 0.1) is 11.8 Å². The number of hydrogen-bond donors (Lipinski definition) is 0. The van der Waals surface area contributed by atoms with Gasteiger partial charge in [-0.05, 0) is 57.5 Å². The third-order valence-electron chi connectivity index (χ3n) is 4.73. The van der Waals surface area contributed by atoms with Crippen molar-refractivity contribution in [3.63, 3.8) is 0 Å². The Balaban J connectivity index is 1.65.